The zero-order chi connectivity index (χ0) is 15.1. The van der Waals surface area contributed by atoms with Crippen LogP contribution in [0.1, 0.15) is 30.5 Å². The highest BCUT2D eigenvalue weighted by Crippen LogP contribution is 2.20. The number of hydrogen-bond donors (Lipinski definition) is 1. The zero-order valence-electron chi connectivity index (χ0n) is 12.3. The third-order valence-corrected chi connectivity index (χ3v) is 3.70. The van der Waals surface area contributed by atoms with Gasteiger partial charge < -0.3 is 10.0 Å². The molecule has 110 valence electrons. The van der Waals surface area contributed by atoms with Gasteiger partial charge in [-0.25, -0.2) is 4.79 Å². The molecule has 0 radical (unpaired) electrons. The third kappa shape index (κ3) is 4.35. The van der Waals surface area contributed by atoms with Crippen LogP contribution >= 0.6 is 0 Å². The van der Waals surface area contributed by atoms with Gasteiger partial charge in [0.1, 0.15) is 0 Å². The molecule has 0 saturated heterocycles. The first-order valence-corrected chi connectivity index (χ1v) is 7.27. The van der Waals surface area contributed by atoms with Gasteiger partial charge in [-0.05, 0) is 30.9 Å². The second-order valence-corrected chi connectivity index (χ2v) is 5.15. The molecule has 21 heavy (non-hydrogen) atoms. The van der Waals surface area contributed by atoms with Crippen molar-refractivity contribution in [3.63, 3.8) is 0 Å². The first-order valence-electron chi connectivity index (χ1n) is 7.27. The molecule has 3 heteroatoms. The van der Waals surface area contributed by atoms with Crippen LogP contribution in [-0.4, -0.2) is 22.6 Å². The van der Waals surface area contributed by atoms with Crippen molar-refractivity contribution in [2.75, 3.05) is 6.54 Å². The first kappa shape index (κ1) is 15.1. The molecule has 2 rings (SSSR count). The predicted octanol–water partition coefficient (Wildman–Crippen LogP) is 4.36. The summed E-state index contributed by atoms with van der Waals surface area (Å²) in [5, 5.41) is 9.43. The molecule has 2 aromatic carbocycles. The van der Waals surface area contributed by atoms with Crippen molar-refractivity contribution in [1.29, 1.82) is 0 Å². The van der Waals surface area contributed by atoms with Gasteiger partial charge >= 0.3 is 6.09 Å². The van der Waals surface area contributed by atoms with E-state index in [4.69, 9.17) is 0 Å². The van der Waals surface area contributed by atoms with Crippen molar-refractivity contribution < 1.29 is 9.90 Å². The minimum atomic E-state index is -0.862. The molecule has 0 aromatic heterocycles. The topological polar surface area (TPSA) is 40.5 Å². The predicted molar refractivity (Wildman–Crippen MR) is 84.4 cm³/mol. The van der Waals surface area contributed by atoms with E-state index in [2.05, 4.69) is 12.1 Å². The lowest BCUT2D eigenvalue weighted by atomic mass is 10.1. The monoisotopic (exact) mass is 283 g/mol. The van der Waals surface area contributed by atoms with E-state index in [-0.39, 0.29) is 6.04 Å². The molecule has 1 atom stereocenters. The van der Waals surface area contributed by atoms with Crippen LogP contribution in [0, 0.1) is 0 Å². The average Bonchev–Trinajstić information content (AvgIpc) is 2.52. The van der Waals surface area contributed by atoms with Crippen molar-refractivity contribution in [2.24, 2.45) is 0 Å². The summed E-state index contributed by atoms with van der Waals surface area (Å²) >= 11 is 0. The maximum atomic E-state index is 11.5. The minimum absolute atomic E-state index is 0.125. The summed E-state index contributed by atoms with van der Waals surface area (Å²) in [4.78, 5) is 13.0. The Morgan fingerprint density at radius 2 is 1.62 bits per heavy atom. The lowest BCUT2D eigenvalue weighted by molar-refractivity contribution is 0.127. The summed E-state index contributed by atoms with van der Waals surface area (Å²) < 4.78 is 0. The van der Waals surface area contributed by atoms with Crippen LogP contribution in [0.4, 0.5) is 4.79 Å². The van der Waals surface area contributed by atoms with E-state index in [0.29, 0.717) is 6.54 Å². The van der Waals surface area contributed by atoms with E-state index in [9.17, 15) is 9.90 Å². The SMILES string of the molecule is CC(c1ccccc1)N(CCCc1ccccc1)C(=O)O. The highest BCUT2D eigenvalue weighted by atomic mass is 16.4. The number of amides is 1. The van der Waals surface area contributed by atoms with Crippen molar-refractivity contribution in [2.45, 2.75) is 25.8 Å². The van der Waals surface area contributed by atoms with E-state index in [1.807, 2.05) is 55.5 Å². The summed E-state index contributed by atoms with van der Waals surface area (Å²) in [5.74, 6) is 0. The Balaban J connectivity index is 1.95. The van der Waals surface area contributed by atoms with Gasteiger partial charge in [0.2, 0.25) is 0 Å². The molecule has 0 aliphatic heterocycles. The fourth-order valence-corrected chi connectivity index (χ4v) is 2.46. The van der Waals surface area contributed by atoms with E-state index in [0.717, 1.165) is 18.4 Å². The molecule has 2 aromatic rings. The number of benzene rings is 2. The number of rotatable bonds is 6. The Kier molecular flexibility index (Phi) is 5.38. The van der Waals surface area contributed by atoms with Crippen LogP contribution in [0.2, 0.25) is 0 Å². The molecular weight excluding hydrogens is 262 g/mol. The van der Waals surface area contributed by atoms with Crippen molar-refractivity contribution in [3.8, 4) is 0 Å². The molecule has 0 aliphatic carbocycles. The van der Waals surface area contributed by atoms with Gasteiger partial charge in [-0.2, -0.15) is 0 Å². The summed E-state index contributed by atoms with van der Waals surface area (Å²) in [6.07, 6.45) is 0.860. The Labute approximate surface area is 125 Å². The lowest BCUT2D eigenvalue weighted by Gasteiger charge is -2.26. The highest BCUT2D eigenvalue weighted by molar-refractivity contribution is 5.65. The number of nitrogens with zero attached hydrogens (tertiary/aromatic N) is 1. The van der Waals surface area contributed by atoms with Crippen LogP contribution in [0.15, 0.2) is 60.7 Å². The fraction of sp³-hybridized carbons (Fsp3) is 0.278. The summed E-state index contributed by atoms with van der Waals surface area (Å²) in [6.45, 7) is 2.48. The smallest absolute Gasteiger partial charge is 0.407 e. The van der Waals surface area contributed by atoms with Gasteiger partial charge in [0, 0.05) is 6.54 Å². The largest absolute Gasteiger partial charge is 0.465 e. The van der Waals surface area contributed by atoms with Crippen LogP contribution < -0.4 is 0 Å². The number of hydrogen-bond acceptors (Lipinski definition) is 1. The molecule has 0 heterocycles. The number of carboxylic acid groups (broad SMARTS) is 1. The second-order valence-electron chi connectivity index (χ2n) is 5.15. The Hall–Kier alpha value is -2.29. The summed E-state index contributed by atoms with van der Waals surface area (Å²) in [5.41, 5.74) is 2.27. The van der Waals surface area contributed by atoms with Gasteiger partial charge in [-0.1, -0.05) is 60.7 Å². The average molecular weight is 283 g/mol. The molecule has 0 saturated carbocycles. The van der Waals surface area contributed by atoms with Crippen LogP contribution in [0.5, 0.6) is 0 Å². The Morgan fingerprint density at radius 1 is 1.05 bits per heavy atom. The van der Waals surface area contributed by atoms with Gasteiger partial charge in [0.25, 0.3) is 0 Å². The van der Waals surface area contributed by atoms with Crippen molar-refractivity contribution >= 4 is 6.09 Å². The Morgan fingerprint density at radius 3 is 2.19 bits per heavy atom. The van der Waals surface area contributed by atoms with Crippen molar-refractivity contribution in [3.05, 3.63) is 71.8 Å². The van der Waals surface area contributed by atoms with Gasteiger partial charge in [0.05, 0.1) is 6.04 Å². The van der Waals surface area contributed by atoms with Gasteiger partial charge in [-0.3, -0.25) is 0 Å². The van der Waals surface area contributed by atoms with E-state index in [1.54, 1.807) is 0 Å². The second kappa shape index (κ2) is 7.48. The maximum Gasteiger partial charge on any atom is 0.407 e. The molecule has 0 spiro atoms. The fourth-order valence-electron chi connectivity index (χ4n) is 2.46. The van der Waals surface area contributed by atoms with E-state index >= 15 is 0 Å². The van der Waals surface area contributed by atoms with Gasteiger partial charge in [-0.15, -0.1) is 0 Å². The van der Waals surface area contributed by atoms with Crippen LogP contribution in [0.3, 0.4) is 0 Å². The molecule has 0 aliphatic rings. The molecule has 1 amide bonds. The summed E-state index contributed by atoms with van der Waals surface area (Å²) in [7, 11) is 0. The van der Waals surface area contributed by atoms with Crippen LogP contribution in [-0.2, 0) is 6.42 Å². The maximum absolute atomic E-state index is 11.5. The minimum Gasteiger partial charge on any atom is -0.465 e. The van der Waals surface area contributed by atoms with Gasteiger partial charge in [0.15, 0.2) is 0 Å². The van der Waals surface area contributed by atoms with E-state index in [1.165, 1.54) is 10.5 Å². The highest BCUT2D eigenvalue weighted by Gasteiger charge is 2.19. The lowest BCUT2D eigenvalue weighted by Crippen LogP contribution is -2.33. The molecule has 0 bridgehead atoms. The Bertz CT molecular complexity index is 554. The quantitative estimate of drug-likeness (QED) is 0.855. The first-order chi connectivity index (χ1) is 10.2. The van der Waals surface area contributed by atoms with E-state index < -0.39 is 6.09 Å². The zero-order valence-corrected chi connectivity index (χ0v) is 12.3. The van der Waals surface area contributed by atoms with Crippen LogP contribution in [0.25, 0.3) is 0 Å². The summed E-state index contributed by atoms with van der Waals surface area (Å²) in [6, 6.07) is 19.8. The molecule has 1 N–H and O–H groups in total. The molecule has 3 nitrogen and oxygen atoms in total. The number of aryl methyl sites for hydroxylation is 1. The standard InChI is InChI=1S/C18H21NO2/c1-15(17-12-6-3-7-13-17)19(18(20)21)14-8-11-16-9-4-2-5-10-16/h2-7,9-10,12-13,15H,8,11,14H2,1H3,(H,20,21). The normalized spacial score (nSPS) is 11.9. The molecule has 0 fully saturated rings. The van der Waals surface area contributed by atoms with Crippen molar-refractivity contribution in [1.82, 2.24) is 4.90 Å². The number of carbonyl (C=O) groups is 1. The third-order valence-electron chi connectivity index (χ3n) is 3.70. The molecule has 1 unspecified atom stereocenters. The molecular formula is C18H21NO2.